The Bertz CT molecular complexity index is 1330. The summed E-state index contributed by atoms with van der Waals surface area (Å²) in [5.74, 6) is -6.68. The van der Waals surface area contributed by atoms with Crippen molar-refractivity contribution in [3.8, 4) is 11.1 Å². The van der Waals surface area contributed by atoms with Crippen molar-refractivity contribution in [1.29, 1.82) is 0 Å². The molecule has 2 aromatic heterocycles. The van der Waals surface area contributed by atoms with Crippen LogP contribution in [0.5, 0.6) is 0 Å². The molecule has 0 unspecified atom stereocenters. The van der Waals surface area contributed by atoms with Crippen molar-refractivity contribution in [2.24, 2.45) is 0 Å². The van der Waals surface area contributed by atoms with Crippen LogP contribution in [-0.2, 0) is 24.5 Å². The van der Waals surface area contributed by atoms with E-state index in [4.69, 9.17) is 0 Å². The van der Waals surface area contributed by atoms with Gasteiger partial charge >= 0.3 is 12.1 Å². The molecule has 2 aromatic carbocycles. The molecular formula is C23H16F7N5O. The van der Waals surface area contributed by atoms with Crippen LogP contribution in [0.2, 0.25) is 0 Å². The number of aliphatic hydroxyl groups is 1. The predicted molar refractivity (Wildman–Crippen MR) is 111 cm³/mol. The number of benzene rings is 2. The molecule has 1 atom stereocenters. The predicted octanol–water partition coefficient (Wildman–Crippen LogP) is 4.80. The van der Waals surface area contributed by atoms with E-state index < -0.39 is 53.6 Å². The number of pyridine rings is 1. The van der Waals surface area contributed by atoms with E-state index in [-0.39, 0.29) is 5.56 Å². The van der Waals surface area contributed by atoms with Gasteiger partial charge in [-0.3, -0.25) is 4.98 Å². The molecule has 0 aliphatic heterocycles. The third-order valence-corrected chi connectivity index (χ3v) is 5.46. The van der Waals surface area contributed by atoms with Crippen LogP contribution in [0.3, 0.4) is 0 Å². The average Bonchev–Trinajstić information content (AvgIpc) is 3.31. The maximum absolute atomic E-state index is 15.7. The Morgan fingerprint density at radius 2 is 1.56 bits per heavy atom. The monoisotopic (exact) mass is 511 g/mol. The first-order valence-corrected chi connectivity index (χ1v) is 10.3. The standard InChI is InChI=1S/C23H16F7N5O/c24-17-6-7-18(19(25)9-17)21(36,12-35-13-32-33-34-35)23(29,30)20-8-5-16(11-31-20)15-3-1-14(2-4-15)10-22(26,27)28/h1-9,11,13,36H,10,12H2/t21-/m0/s1. The Morgan fingerprint density at radius 1 is 0.861 bits per heavy atom. The summed E-state index contributed by atoms with van der Waals surface area (Å²) in [7, 11) is 0. The molecule has 1 N–H and O–H groups in total. The summed E-state index contributed by atoms with van der Waals surface area (Å²) in [5, 5.41) is 21.2. The molecule has 0 bridgehead atoms. The van der Waals surface area contributed by atoms with E-state index in [2.05, 4.69) is 20.5 Å². The number of tetrazole rings is 1. The lowest BCUT2D eigenvalue weighted by Crippen LogP contribution is -2.48. The van der Waals surface area contributed by atoms with Gasteiger partial charge in [0, 0.05) is 23.4 Å². The van der Waals surface area contributed by atoms with Crippen molar-refractivity contribution in [2.45, 2.75) is 30.7 Å². The van der Waals surface area contributed by atoms with E-state index in [1.165, 1.54) is 30.3 Å². The molecule has 4 rings (SSSR count). The van der Waals surface area contributed by atoms with Gasteiger partial charge in [0.25, 0.3) is 0 Å². The SMILES string of the molecule is O[C@@](Cn1cnnn1)(c1ccc(F)cc1F)C(F)(F)c1ccc(-c2ccc(CC(F)(F)F)cc2)cn1. The summed E-state index contributed by atoms with van der Waals surface area (Å²) in [6, 6.07) is 9.18. The number of hydrogen-bond donors (Lipinski definition) is 1. The van der Waals surface area contributed by atoms with Gasteiger partial charge in [-0.15, -0.1) is 5.10 Å². The second-order valence-electron chi connectivity index (χ2n) is 7.99. The molecule has 0 aliphatic carbocycles. The largest absolute Gasteiger partial charge is 0.393 e. The first-order valence-electron chi connectivity index (χ1n) is 10.3. The van der Waals surface area contributed by atoms with Crippen LogP contribution in [0, 0.1) is 11.6 Å². The summed E-state index contributed by atoms with van der Waals surface area (Å²) >= 11 is 0. The zero-order chi connectivity index (χ0) is 26.1. The van der Waals surface area contributed by atoms with E-state index in [1.54, 1.807) is 0 Å². The van der Waals surface area contributed by atoms with E-state index in [0.29, 0.717) is 23.3 Å². The Kier molecular flexibility index (Phi) is 6.52. The molecule has 0 aliphatic rings. The molecule has 0 amide bonds. The topological polar surface area (TPSA) is 76.7 Å². The van der Waals surface area contributed by atoms with Crippen molar-refractivity contribution in [1.82, 2.24) is 25.2 Å². The van der Waals surface area contributed by atoms with Crippen molar-refractivity contribution in [2.75, 3.05) is 0 Å². The maximum Gasteiger partial charge on any atom is 0.393 e. The van der Waals surface area contributed by atoms with Gasteiger partial charge in [-0.1, -0.05) is 30.3 Å². The highest BCUT2D eigenvalue weighted by atomic mass is 19.4. The van der Waals surface area contributed by atoms with Crippen molar-refractivity contribution in [3.05, 3.63) is 95.6 Å². The van der Waals surface area contributed by atoms with Gasteiger partial charge in [-0.25, -0.2) is 13.5 Å². The van der Waals surface area contributed by atoms with E-state index in [9.17, 15) is 27.1 Å². The molecule has 0 spiro atoms. The molecular weight excluding hydrogens is 495 g/mol. The first-order chi connectivity index (χ1) is 16.9. The Balaban J connectivity index is 1.69. The quantitative estimate of drug-likeness (QED) is 0.361. The molecule has 188 valence electrons. The molecule has 0 saturated heterocycles. The van der Waals surface area contributed by atoms with Gasteiger partial charge in [-0.2, -0.15) is 22.0 Å². The summed E-state index contributed by atoms with van der Waals surface area (Å²) < 4.78 is 97.9. The van der Waals surface area contributed by atoms with Crippen LogP contribution in [0.25, 0.3) is 11.1 Å². The zero-order valence-corrected chi connectivity index (χ0v) is 18.1. The fourth-order valence-corrected chi connectivity index (χ4v) is 3.67. The van der Waals surface area contributed by atoms with Gasteiger partial charge in [0.15, 0.2) is 5.60 Å². The third kappa shape index (κ3) is 5.05. The fraction of sp³-hybridized carbons (Fsp3) is 0.217. The smallest absolute Gasteiger partial charge is 0.377 e. The fourth-order valence-electron chi connectivity index (χ4n) is 3.67. The van der Waals surface area contributed by atoms with Crippen molar-refractivity contribution < 1.29 is 35.8 Å². The van der Waals surface area contributed by atoms with Gasteiger partial charge in [-0.05, 0) is 39.8 Å². The molecule has 0 saturated carbocycles. The Morgan fingerprint density at radius 3 is 2.11 bits per heavy atom. The van der Waals surface area contributed by atoms with Crippen LogP contribution < -0.4 is 0 Å². The minimum absolute atomic E-state index is 0.0244. The van der Waals surface area contributed by atoms with Crippen LogP contribution in [-0.4, -0.2) is 36.5 Å². The zero-order valence-electron chi connectivity index (χ0n) is 18.1. The maximum atomic E-state index is 15.7. The molecule has 2 heterocycles. The second kappa shape index (κ2) is 9.30. The molecule has 36 heavy (non-hydrogen) atoms. The Labute approximate surface area is 199 Å². The minimum atomic E-state index is -4.38. The Hall–Kier alpha value is -3.87. The lowest BCUT2D eigenvalue weighted by atomic mass is 9.84. The lowest BCUT2D eigenvalue weighted by molar-refractivity contribution is -0.207. The average molecular weight is 511 g/mol. The molecule has 0 radical (unpaired) electrons. The van der Waals surface area contributed by atoms with Crippen LogP contribution in [0.4, 0.5) is 30.7 Å². The van der Waals surface area contributed by atoms with Crippen molar-refractivity contribution >= 4 is 0 Å². The summed E-state index contributed by atoms with van der Waals surface area (Å²) in [6.45, 7) is -1.00. The highest BCUT2D eigenvalue weighted by Crippen LogP contribution is 2.46. The summed E-state index contributed by atoms with van der Waals surface area (Å²) in [5.41, 5.74) is -4.39. The van der Waals surface area contributed by atoms with E-state index in [0.717, 1.165) is 29.3 Å². The highest BCUT2D eigenvalue weighted by Gasteiger charge is 2.58. The van der Waals surface area contributed by atoms with E-state index >= 15 is 8.78 Å². The number of alkyl halides is 5. The van der Waals surface area contributed by atoms with Gasteiger partial charge in [0.1, 0.15) is 23.7 Å². The molecule has 0 fully saturated rings. The van der Waals surface area contributed by atoms with Gasteiger partial charge < -0.3 is 5.11 Å². The number of hydrogen-bond acceptors (Lipinski definition) is 5. The molecule has 6 nitrogen and oxygen atoms in total. The van der Waals surface area contributed by atoms with Gasteiger partial charge in [0.2, 0.25) is 0 Å². The number of halogens is 7. The highest BCUT2D eigenvalue weighted by molar-refractivity contribution is 5.63. The minimum Gasteiger partial charge on any atom is -0.377 e. The molecule has 13 heteroatoms. The lowest BCUT2D eigenvalue weighted by Gasteiger charge is -2.35. The number of rotatable bonds is 7. The number of nitrogens with zero attached hydrogens (tertiary/aromatic N) is 5. The van der Waals surface area contributed by atoms with Crippen LogP contribution >= 0.6 is 0 Å². The summed E-state index contributed by atoms with van der Waals surface area (Å²) in [6.07, 6.45) is -3.52. The second-order valence-corrected chi connectivity index (χ2v) is 7.99. The van der Waals surface area contributed by atoms with Crippen molar-refractivity contribution in [3.63, 3.8) is 0 Å². The van der Waals surface area contributed by atoms with Gasteiger partial charge in [0.05, 0.1) is 13.0 Å². The first kappa shape index (κ1) is 25.2. The number of aromatic nitrogens is 5. The van der Waals surface area contributed by atoms with Crippen LogP contribution in [0.1, 0.15) is 16.8 Å². The molecule has 4 aromatic rings. The van der Waals surface area contributed by atoms with E-state index in [1.807, 2.05) is 0 Å². The summed E-state index contributed by atoms with van der Waals surface area (Å²) in [4.78, 5) is 3.73. The van der Waals surface area contributed by atoms with Crippen LogP contribution in [0.15, 0.2) is 67.1 Å². The normalized spacial score (nSPS) is 14.0. The third-order valence-electron chi connectivity index (χ3n) is 5.46.